The number of terminal acetylenes is 1. The van der Waals surface area contributed by atoms with Gasteiger partial charge in [0.25, 0.3) is 0 Å². The molecule has 0 aliphatic rings. The molecule has 13 heavy (non-hydrogen) atoms. The van der Waals surface area contributed by atoms with E-state index in [4.69, 9.17) is 12.2 Å². The zero-order chi connectivity index (χ0) is 9.68. The third-order valence-corrected chi connectivity index (χ3v) is 1.84. The molecule has 0 spiro atoms. The molecule has 1 aromatic rings. The molecule has 0 aliphatic carbocycles. The van der Waals surface area contributed by atoms with Crippen LogP contribution in [0.2, 0.25) is 0 Å². The Morgan fingerprint density at radius 3 is 2.92 bits per heavy atom. The maximum absolute atomic E-state index is 9.30. The fourth-order valence-corrected chi connectivity index (χ4v) is 1.14. The van der Waals surface area contributed by atoms with E-state index in [1.807, 2.05) is 24.3 Å². The first kappa shape index (κ1) is 9.79. The van der Waals surface area contributed by atoms with Crippen LogP contribution in [0.3, 0.4) is 0 Å². The molecule has 0 aliphatic heterocycles. The molecule has 3 N–H and O–H groups in total. The summed E-state index contributed by atoms with van der Waals surface area (Å²) in [7, 11) is 0. The Labute approximate surface area is 78.4 Å². The highest BCUT2D eigenvalue weighted by Crippen LogP contribution is 2.06. The first-order valence-electron chi connectivity index (χ1n) is 4.20. The summed E-state index contributed by atoms with van der Waals surface area (Å²) in [6, 6.07) is 7.56. The summed E-state index contributed by atoms with van der Waals surface area (Å²) in [4.78, 5) is 0. The molecule has 0 saturated heterocycles. The minimum absolute atomic E-state index is 0.278. The highest BCUT2D eigenvalue weighted by atomic mass is 16.3. The average Bonchev–Trinajstić information content (AvgIpc) is 2.18. The smallest absolute Gasteiger partial charge is 0.0702 e. The Morgan fingerprint density at radius 1 is 1.54 bits per heavy atom. The van der Waals surface area contributed by atoms with Crippen molar-refractivity contribution in [1.82, 2.24) is 0 Å². The van der Waals surface area contributed by atoms with Crippen LogP contribution in [-0.4, -0.2) is 17.8 Å². The van der Waals surface area contributed by atoms with Crippen molar-refractivity contribution in [2.75, 3.05) is 6.54 Å². The second-order valence-electron chi connectivity index (χ2n) is 2.94. The van der Waals surface area contributed by atoms with Gasteiger partial charge in [0.2, 0.25) is 0 Å². The van der Waals surface area contributed by atoms with Gasteiger partial charge in [-0.2, -0.15) is 0 Å². The Balaban J connectivity index is 2.73. The van der Waals surface area contributed by atoms with Gasteiger partial charge in [0, 0.05) is 12.1 Å². The van der Waals surface area contributed by atoms with Crippen LogP contribution in [0.4, 0.5) is 0 Å². The van der Waals surface area contributed by atoms with Crippen LogP contribution in [-0.2, 0) is 6.42 Å². The summed E-state index contributed by atoms with van der Waals surface area (Å²) >= 11 is 0. The Hall–Kier alpha value is -1.30. The fraction of sp³-hybridized carbons (Fsp3) is 0.273. The molecule has 2 heteroatoms. The van der Waals surface area contributed by atoms with Gasteiger partial charge in [-0.05, 0) is 24.1 Å². The van der Waals surface area contributed by atoms with Crippen LogP contribution in [0.5, 0.6) is 0 Å². The second kappa shape index (κ2) is 4.66. The number of hydrogen-bond donors (Lipinski definition) is 2. The van der Waals surface area contributed by atoms with E-state index in [9.17, 15) is 5.11 Å². The molecule has 0 radical (unpaired) electrons. The highest BCUT2D eigenvalue weighted by Gasteiger charge is 2.02. The lowest BCUT2D eigenvalue weighted by Crippen LogP contribution is -2.21. The predicted octanol–water partition coefficient (Wildman–Crippen LogP) is 0.530. The zero-order valence-corrected chi connectivity index (χ0v) is 7.40. The molecule has 1 atom stereocenters. The van der Waals surface area contributed by atoms with E-state index in [1.165, 1.54) is 0 Å². The average molecular weight is 175 g/mol. The van der Waals surface area contributed by atoms with Crippen molar-refractivity contribution in [2.24, 2.45) is 5.73 Å². The molecular weight excluding hydrogens is 162 g/mol. The molecule has 0 bridgehead atoms. The van der Waals surface area contributed by atoms with E-state index in [0.29, 0.717) is 6.42 Å². The fourth-order valence-electron chi connectivity index (χ4n) is 1.14. The molecule has 1 rings (SSSR count). The third kappa shape index (κ3) is 2.90. The van der Waals surface area contributed by atoms with Gasteiger partial charge < -0.3 is 10.8 Å². The van der Waals surface area contributed by atoms with Gasteiger partial charge in [0.1, 0.15) is 0 Å². The van der Waals surface area contributed by atoms with Gasteiger partial charge in [0.05, 0.1) is 6.10 Å². The number of aliphatic hydroxyl groups is 1. The Kier molecular flexibility index (Phi) is 3.51. The van der Waals surface area contributed by atoms with Crippen LogP contribution >= 0.6 is 0 Å². The van der Waals surface area contributed by atoms with Gasteiger partial charge in [-0.25, -0.2) is 0 Å². The molecule has 0 saturated carbocycles. The minimum Gasteiger partial charge on any atom is -0.391 e. The molecule has 68 valence electrons. The van der Waals surface area contributed by atoms with Gasteiger partial charge in [0.15, 0.2) is 0 Å². The lowest BCUT2D eigenvalue weighted by Gasteiger charge is -2.07. The molecule has 0 fully saturated rings. The zero-order valence-electron chi connectivity index (χ0n) is 7.40. The van der Waals surface area contributed by atoms with Crippen molar-refractivity contribution < 1.29 is 5.11 Å². The number of benzene rings is 1. The van der Waals surface area contributed by atoms with E-state index in [1.54, 1.807) is 0 Å². The topological polar surface area (TPSA) is 46.2 Å². The quantitative estimate of drug-likeness (QED) is 0.658. The number of hydrogen-bond acceptors (Lipinski definition) is 2. The standard InChI is InChI=1S/C11H13NO/c1-2-9-4-3-5-10(6-9)7-11(13)8-12/h1,3-6,11,13H,7-8,12H2. The lowest BCUT2D eigenvalue weighted by molar-refractivity contribution is 0.183. The summed E-state index contributed by atoms with van der Waals surface area (Å²) in [5.41, 5.74) is 7.16. The van der Waals surface area contributed by atoms with E-state index in [-0.39, 0.29) is 6.54 Å². The second-order valence-corrected chi connectivity index (χ2v) is 2.94. The van der Waals surface area contributed by atoms with Crippen LogP contribution in [0.25, 0.3) is 0 Å². The van der Waals surface area contributed by atoms with E-state index < -0.39 is 6.10 Å². The summed E-state index contributed by atoms with van der Waals surface area (Å²) < 4.78 is 0. The summed E-state index contributed by atoms with van der Waals surface area (Å²) in [6.45, 7) is 0.278. The molecular formula is C11H13NO. The maximum Gasteiger partial charge on any atom is 0.0702 e. The molecule has 0 heterocycles. The lowest BCUT2D eigenvalue weighted by atomic mass is 10.1. The van der Waals surface area contributed by atoms with Crippen molar-refractivity contribution in [1.29, 1.82) is 0 Å². The first-order chi connectivity index (χ1) is 6.26. The van der Waals surface area contributed by atoms with Crippen molar-refractivity contribution >= 4 is 0 Å². The SMILES string of the molecule is C#Cc1cccc(CC(O)CN)c1. The first-order valence-corrected chi connectivity index (χ1v) is 4.20. The third-order valence-electron chi connectivity index (χ3n) is 1.84. The van der Waals surface area contributed by atoms with Crippen LogP contribution < -0.4 is 5.73 Å². The number of nitrogens with two attached hydrogens (primary N) is 1. The monoisotopic (exact) mass is 175 g/mol. The maximum atomic E-state index is 9.30. The molecule has 0 aromatic heterocycles. The Morgan fingerprint density at radius 2 is 2.31 bits per heavy atom. The number of rotatable bonds is 3. The Bertz CT molecular complexity index is 314. The summed E-state index contributed by atoms with van der Waals surface area (Å²) in [5.74, 6) is 2.55. The largest absolute Gasteiger partial charge is 0.391 e. The van der Waals surface area contributed by atoms with Gasteiger partial charge in [-0.15, -0.1) is 6.42 Å². The van der Waals surface area contributed by atoms with Crippen molar-refractivity contribution in [3.63, 3.8) is 0 Å². The highest BCUT2D eigenvalue weighted by molar-refractivity contribution is 5.35. The normalized spacial score (nSPS) is 12.1. The van der Waals surface area contributed by atoms with Gasteiger partial charge in [-0.3, -0.25) is 0 Å². The molecule has 0 amide bonds. The molecule has 1 aromatic carbocycles. The van der Waals surface area contributed by atoms with Crippen molar-refractivity contribution in [2.45, 2.75) is 12.5 Å². The molecule has 1 unspecified atom stereocenters. The summed E-state index contributed by atoms with van der Waals surface area (Å²) in [5, 5.41) is 9.30. The van der Waals surface area contributed by atoms with E-state index in [2.05, 4.69) is 5.92 Å². The van der Waals surface area contributed by atoms with Crippen LogP contribution in [0.15, 0.2) is 24.3 Å². The predicted molar refractivity (Wildman–Crippen MR) is 53.1 cm³/mol. The van der Waals surface area contributed by atoms with Crippen molar-refractivity contribution in [3.05, 3.63) is 35.4 Å². The van der Waals surface area contributed by atoms with Crippen molar-refractivity contribution in [3.8, 4) is 12.3 Å². The van der Waals surface area contributed by atoms with E-state index >= 15 is 0 Å². The van der Waals surface area contributed by atoms with Gasteiger partial charge >= 0.3 is 0 Å². The van der Waals surface area contributed by atoms with Crippen LogP contribution in [0.1, 0.15) is 11.1 Å². The van der Waals surface area contributed by atoms with Gasteiger partial charge in [-0.1, -0.05) is 18.1 Å². The number of aliphatic hydroxyl groups excluding tert-OH is 1. The van der Waals surface area contributed by atoms with Crippen LogP contribution in [0, 0.1) is 12.3 Å². The van der Waals surface area contributed by atoms with E-state index in [0.717, 1.165) is 11.1 Å². The molecule has 2 nitrogen and oxygen atoms in total. The minimum atomic E-state index is -0.479. The summed E-state index contributed by atoms with van der Waals surface area (Å²) in [6.07, 6.45) is 5.33.